The number of rotatable bonds is 5. The molecule has 2 unspecified atom stereocenters. The second kappa shape index (κ2) is 6.28. The van der Waals surface area contributed by atoms with Gasteiger partial charge in [-0.05, 0) is 31.7 Å². The first-order valence-corrected chi connectivity index (χ1v) is 7.88. The van der Waals surface area contributed by atoms with E-state index in [0.717, 1.165) is 32.4 Å². The van der Waals surface area contributed by atoms with Gasteiger partial charge in [0, 0.05) is 24.6 Å². The van der Waals surface area contributed by atoms with Crippen molar-refractivity contribution < 1.29 is 4.74 Å². The van der Waals surface area contributed by atoms with Crippen LogP contribution in [0.3, 0.4) is 0 Å². The molecule has 20 heavy (non-hydrogen) atoms. The van der Waals surface area contributed by atoms with E-state index in [0.29, 0.717) is 6.04 Å². The van der Waals surface area contributed by atoms with Crippen LogP contribution in [0.2, 0.25) is 0 Å². The van der Waals surface area contributed by atoms with E-state index in [1.165, 1.54) is 5.56 Å². The number of nitrogens with one attached hydrogen (secondary N) is 1. The Morgan fingerprint density at radius 3 is 2.65 bits per heavy atom. The molecule has 0 amide bonds. The summed E-state index contributed by atoms with van der Waals surface area (Å²) in [5.74, 6) is 0. The van der Waals surface area contributed by atoms with Crippen molar-refractivity contribution in [3.63, 3.8) is 0 Å². The standard InChI is InChI=1S/C18H29NO/c1-5-18(4)13-16(11-12-20-18)19-14-17(2,3)15-9-7-6-8-10-15/h6-10,16,19H,5,11-14H2,1-4H3. The maximum Gasteiger partial charge on any atom is 0.0666 e. The lowest BCUT2D eigenvalue weighted by atomic mass is 9.83. The van der Waals surface area contributed by atoms with Crippen LogP contribution in [0.5, 0.6) is 0 Å². The number of hydrogen-bond donors (Lipinski definition) is 1. The van der Waals surface area contributed by atoms with Gasteiger partial charge in [0.05, 0.1) is 5.60 Å². The fraction of sp³-hybridized carbons (Fsp3) is 0.667. The Hall–Kier alpha value is -0.860. The molecule has 2 atom stereocenters. The van der Waals surface area contributed by atoms with E-state index >= 15 is 0 Å². The summed E-state index contributed by atoms with van der Waals surface area (Å²) in [5, 5.41) is 3.77. The summed E-state index contributed by atoms with van der Waals surface area (Å²) in [6, 6.07) is 11.4. The van der Waals surface area contributed by atoms with Gasteiger partial charge in [-0.3, -0.25) is 0 Å². The van der Waals surface area contributed by atoms with Gasteiger partial charge < -0.3 is 10.1 Å². The summed E-state index contributed by atoms with van der Waals surface area (Å²) in [4.78, 5) is 0. The molecule has 2 rings (SSSR count). The predicted octanol–water partition coefficient (Wildman–Crippen LogP) is 3.90. The maximum atomic E-state index is 5.92. The zero-order chi connectivity index (χ0) is 14.6. The van der Waals surface area contributed by atoms with Crippen LogP contribution in [0.4, 0.5) is 0 Å². The Morgan fingerprint density at radius 2 is 2.00 bits per heavy atom. The van der Waals surface area contributed by atoms with E-state index in [9.17, 15) is 0 Å². The van der Waals surface area contributed by atoms with E-state index in [-0.39, 0.29) is 11.0 Å². The quantitative estimate of drug-likeness (QED) is 0.880. The van der Waals surface area contributed by atoms with Gasteiger partial charge in [-0.25, -0.2) is 0 Å². The molecule has 1 aliphatic heterocycles. The van der Waals surface area contributed by atoms with Crippen LogP contribution >= 0.6 is 0 Å². The van der Waals surface area contributed by atoms with Crippen LogP contribution in [0.15, 0.2) is 30.3 Å². The first-order chi connectivity index (χ1) is 9.45. The molecule has 0 saturated carbocycles. The maximum absolute atomic E-state index is 5.92. The summed E-state index contributed by atoms with van der Waals surface area (Å²) in [6.07, 6.45) is 3.34. The Labute approximate surface area is 123 Å². The van der Waals surface area contributed by atoms with Crippen molar-refractivity contribution in [2.75, 3.05) is 13.2 Å². The van der Waals surface area contributed by atoms with Crippen LogP contribution in [-0.4, -0.2) is 24.8 Å². The third-order valence-corrected chi connectivity index (χ3v) is 4.73. The monoisotopic (exact) mass is 275 g/mol. The fourth-order valence-electron chi connectivity index (χ4n) is 2.94. The SMILES string of the molecule is CCC1(C)CC(NCC(C)(C)c2ccccc2)CCO1. The average Bonchev–Trinajstić information content (AvgIpc) is 2.46. The summed E-state index contributed by atoms with van der Waals surface area (Å²) in [6.45, 7) is 11.0. The molecule has 2 heteroatoms. The lowest BCUT2D eigenvalue weighted by molar-refractivity contribution is -0.0782. The minimum Gasteiger partial charge on any atom is -0.375 e. The highest BCUT2D eigenvalue weighted by molar-refractivity contribution is 5.23. The molecule has 1 aromatic rings. The Balaban J connectivity index is 1.91. The van der Waals surface area contributed by atoms with E-state index in [1.807, 2.05) is 0 Å². The number of hydrogen-bond acceptors (Lipinski definition) is 2. The van der Waals surface area contributed by atoms with Crippen molar-refractivity contribution in [1.29, 1.82) is 0 Å². The van der Waals surface area contributed by atoms with Gasteiger partial charge in [-0.15, -0.1) is 0 Å². The molecule has 1 saturated heterocycles. The van der Waals surface area contributed by atoms with Crippen molar-refractivity contribution in [2.24, 2.45) is 0 Å². The fourth-order valence-corrected chi connectivity index (χ4v) is 2.94. The second-order valence-electron chi connectivity index (χ2n) is 6.97. The molecule has 1 heterocycles. The first-order valence-electron chi connectivity index (χ1n) is 7.88. The summed E-state index contributed by atoms with van der Waals surface area (Å²) in [5.41, 5.74) is 1.63. The molecule has 0 aliphatic carbocycles. The molecule has 0 aromatic heterocycles. The number of benzene rings is 1. The summed E-state index contributed by atoms with van der Waals surface area (Å²) in [7, 11) is 0. The van der Waals surface area contributed by atoms with Crippen molar-refractivity contribution in [1.82, 2.24) is 5.32 Å². The van der Waals surface area contributed by atoms with Gasteiger partial charge in [0.15, 0.2) is 0 Å². The van der Waals surface area contributed by atoms with Crippen molar-refractivity contribution >= 4 is 0 Å². The van der Waals surface area contributed by atoms with Crippen LogP contribution in [0.25, 0.3) is 0 Å². The van der Waals surface area contributed by atoms with Gasteiger partial charge in [0.1, 0.15) is 0 Å². The Kier molecular flexibility index (Phi) is 4.87. The lowest BCUT2D eigenvalue weighted by Gasteiger charge is -2.39. The van der Waals surface area contributed by atoms with Gasteiger partial charge >= 0.3 is 0 Å². The van der Waals surface area contributed by atoms with Gasteiger partial charge in [-0.2, -0.15) is 0 Å². The highest BCUT2D eigenvalue weighted by atomic mass is 16.5. The normalized spacial score (nSPS) is 27.5. The van der Waals surface area contributed by atoms with Crippen LogP contribution < -0.4 is 5.32 Å². The molecule has 0 bridgehead atoms. The van der Waals surface area contributed by atoms with Crippen molar-refractivity contribution in [3.05, 3.63) is 35.9 Å². The second-order valence-corrected chi connectivity index (χ2v) is 6.97. The molecule has 0 radical (unpaired) electrons. The largest absolute Gasteiger partial charge is 0.375 e. The van der Waals surface area contributed by atoms with Gasteiger partial charge in [0.25, 0.3) is 0 Å². The predicted molar refractivity (Wildman–Crippen MR) is 85.1 cm³/mol. The highest BCUT2D eigenvalue weighted by Crippen LogP contribution is 2.29. The summed E-state index contributed by atoms with van der Waals surface area (Å²) < 4.78 is 5.92. The molecular formula is C18H29NO. The van der Waals surface area contributed by atoms with E-state index in [4.69, 9.17) is 4.74 Å². The Morgan fingerprint density at radius 1 is 1.30 bits per heavy atom. The van der Waals surface area contributed by atoms with Crippen LogP contribution in [-0.2, 0) is 10.2 Å². The molecule has 1 aliphatic rings. The third-order valence-electron chi connectivity index (χ3n) is 4.73. The van der Waals surface area contributed by atoms with E-state index < -0.39 is 0 Å². The van der Waals surface area contributed by atoms with Gasteiger partial charge in [-0.1, -0.05) is 51.1 Å². The minimum absolute atomic E-state index is 0.0623. The van der Waals surface area contributed by atoms with Crippen molar-refractivity contribution in [2.45, 2.75) is 64.0 Å². The van der Waals surface area contributed by atoms with Crippen LogP contribution in [0.1, 0.15) is 52.5 Å². The molecule has 2 nitrogen and oxygen atoms in total. The molecule has 1 fully saturated rings. The lowest BCUT2D eigenvalue weighted by Crippen LogP contribution is -2.48. The van der Waals surface area contributed by atoms with E-state index in [1.54, 1.807) is 0 Å². The molecule has 1 aromatic carbocycles. The first kappa shape index (κ1) is 15.5. The third kappa shape index (κ3) is 3.83. The molecular weight excluding hydrogens is 246 g/mol. The number of ether oxygens (including phenoxy) is 1. The molecule has 1 N–H and O–H groups in total. The van der Waals surface area contributed by atoms with Crippen molar-refractivity contribution in [3.8, 4) is 0 Å². The zero-order valence-corrected chi connectivity index (χ0v) is 13.4. The summed E-state index contributed by atoms with van der Waals surface area (Å²) >= 11 is 0. The van der Waals surface area contributed by atoms with E-state index in [2.05, 4.69) is 63.3 Å². The van der Waals surface area contributed by atoms with Gasteiger partial charge in [0.2, 0.25) is 0 Å². The Bertz CT molecular complexity index is 415. The molecule has 0 spiro atoms. The zero-order valence-electron chi connectivity index (χ0n) is 13.4. The average molecular weight is 275 g/mol. The van der Waals surface area contributed by atoms with Crippen LogP contribution in [0, 0.1) is 0 Å². The topological polar surface area (TPSA) is 21.3 Å². The molecule has 112 valence electrons. The highest BCUT2D eigenvalue weighted by Gasteiger charge is 2.32. The smallest absolute Gasteiger partial charge is 0.0666 e. The minimum atomic E-state index is 0.0623.